The van der Waals surface area contributed by atoms with E-state index in [4.69, 9.17) is 11.1 Å². The van der Waals surface area contributed by atoms with E-state index in [1.54, 1.807) is 6.07 Å². The molecule has 0 aliphatic heterocycles. The van der Waals surface area contributed by atoms with Crippen LogP contribution in [0.25, 0.3) is 0 Å². The predicted molar refractivity (Wildman–Crippen MR) is 56.4 cm³/mol. The van der Waals surface area contributed by atoms with E-state index in [0.717, 1.165) is 0 Å². The molecule has 0 aromatic carbocycles. The summed E-state index contributed by atoms with van der Waals surface area (Å²) in [6.07, 6.45) is 1.39. The van der Waals surface area contributed by atoms with Gasteiger partial charge in [-0.05, 0) is 20.8 Å². The molecule has 1 rings (SSSR count). The Labute approximate surface area is 83.3 Å². The van der Waals surface area contributed by atoms with Crippen LogP contribution in [0.1, 0.15) is 26.5 Å². The number of hydrogen-bond donors (Lipinski definition) is 3. The molecule has 0 atom stereocenters. The molecule has 1 aromatic rings. The first-order chi connectivity index (χ1) is 6.38. The minimum absolute atomic E-state index is 0.0515. The number of nitrogens with one attached hydrogen (secondary N) is 2. The minimum atomic E-state index is -0.0671. The van der Waals surface area contributed by atoms with Crippen LogP contribution in [0.2, 0.25) is 0 Å². The van der Waals surface area contributed by atoms with Gasteiger partial charge in [0.1, 0.15) is 23.7 Å². The summed E-state index contributed by atoms with van der Waals surface area (Å²) < 4.78 is 0. The molecular weight excluding hydrogens is 178 g/mol. The average Bonchev–Trinajstić information content (AvgIpc) is 2.01. The molecule has 0 fully saturated rings. The summed E-state index contributed by atoms with van der Waals surface area (Å²) in [6, 6.07) is 1.66. The number of aromatic nitrogens is 2. The number of nitrogens with zero attached hydrogens (tertiary/aromatic N) is 2. The lowest BCUT2D eigenvalue weighted by molar-refractivity contribution is 0.630. The van der Waals surface area contributed by atoms with Crippen LogP contribution in [0.5, 0.6) is 0 Å². The Morgan fingerprint density at radius 3 is 2.57 bits per heavy atom. The Balaban J connectivity index is 2.89. The lowest BCUT2D eigenvalue weighted by Gasteiger charge is -2.21. The van der Waals surface area contributed by atoms with E-state index in [2.05, 4.69) is 15.3 Å². The second-order valence-corrected chi connectivity index (χ2v) is 4.08. The van der Waals surface area contributed by atoms with E-state index < -0.39 is 0 Å². The molecule has 0 amide bonds. The maximum absolute atomic E-state index is 7.22. The van der Waals surface area contributed by atoms with Crippen molar-refractivity contribution < 1.29 is 0 Å². The zero-order valence-electron chi connectivity index (χ0n) is 8.63. The van der Waals surface area contributed by atoms with Crippen molar-refractivity contribution in [3.05, 3.63) is 18.1 Å². The van der Waals surface area contributed by atoms with Crippen molar-refractivity contribution in [2.45, 2.75) is 26.3 Å². The van der Waals surface area contributed by atoms with E-state index in [0.29, 0.717) is 11.5 Å². The van der Waals surface area contributed by atoms with Crippen LogP contribution in [0, 0.1) is 5.41 Å². The van der Waals surface area contributed by atoms with Gasteiger partial charge in [0.2, 0.25) is 0 Å². The summed E-state index contributed by atoms with van der Waals surface area (Å²) in [4.78, 5) is 7.90. The highest BCUT2D eigenvalue weighted by Crippen LogP contribution is 2.11. The van der Waals surface area contributed by atoms with Crippen LogP contribution in [0.3, 0.4) is 0 Å². The second-order valence-electron chi connectivity index (χ2n) is 4.08. The second kappa shape index (κ2) is 3.61. The van der Waals surface area contributed by atoms with Crippen molar-refractivity contribution in [1.82, 2.24) is 9.97 Å². The lowest BCUT2D eigenvalue weighted by Crippen LogP contribution is -2.27. The van der Waals surface area contributed by atoms with Crippen molar-refractivity contribution in [3.63, 3.8) is 0 Å². The fraction of sp³-hybridized carbons (Fsp3) is 0.444. The molecule has 0 bridgehead atoms. The molecule has 4 N–H and O–H groups in total. The van der Waals surface area contributed by atoms with E-state index in [1.165, 1.54) is 6.33 Å². The number of amidine groups is 1. The van der Waals surface area contributed by atoms with E-state index in [-0.39, 0.29) is 11.4 Å². The molecule has 0 aliphatic carbocycles. The van der Waals surface area contributed by atoms with Gasteiger partial charge in [0.15, 0.2) is 0 Å². The van der Waals surface area contributed by atoms with Gasteiger partial charge < -0.3 is 11.1 Å². The van der Waals surface area contributed by atoms with Crippen molar-refractivity contribution in [2.24, 2.45) is 5.73 Å². The molecule has 5 heteroatoms. The van der Waals surface area contributed by atoms with Gasteiger partial charge in [0.25, 0.3) is 0 Å². The van der Waals surface area contributed by atoms with E-state index in [1.807, 2.05) is 20.8 Å². The van der Waals surface area contributed by atoms with E-state index in [9.17, 15) is 0 Å². The first-order valence-corrected chi connectivity index (χ1v) is 4.33. The first-order valence-electron chi connectivity index (χ1n) is 4.33. The van der Waals surface area contributed by atoms with Crippen molar-refractivity contribution >= 4 is 11.7 Å². The van der Waals surface area contributed by atoms with Crippen molar-refractivity contribution in [2.75, 3.05) is 5.32 Å². The zero-order chi connectivity index (χ0) is 10.8. The molecule has 1 aromatic heterocycles. The SMILES string of the molecule is CC(C)(C)Nc1cc(C(=N)N)ncn1. The monoisotopic (exact) mass is 193 g/mol. The highest BCUT2D eigenvalue weighted by molar-refractivity contribution is 5.93. The van der Waals surface area contributed by atoms with Crippen LogP contribution < -0.4 is 11.1 Å². The maximum Gasteiger partial charge on any atom is 0.142 e. The summed E-state index contributed by atoms with van der Waals surface area (Å²) in [5.74, 6) is 0.627. The predicted octanol–water partition coefficient (Wildman–Crippen LogP) is 0.971. The minimum Gasteiger partial charge on any atom is -0.382 e. The van der Waals surface area contributed by atoms with Gasteiger partial charge in [-0.15, -0.1) is 0 Å². The Morgan fingerprint density at radius 1 is 1.43 bits per heavy atom. The van der Waals surface area contributed by atoms with E-state index >= 15 is 0 Å². The molecule has 0 saturated carbocycles. The van der Waals surface area contributed by atoms with Gasteiger partial charge in [-0.3, -0.25) is 5.41 Å². The molecule has 0 unspecified atom stereocenters. The van der Waals surface area contributed by atoms with Gasteiger partial charge >= 0.3 is 0 Å². The number of rotatable bonds is 2. The Hall–Kier alpha value is -1.65. The Bertz CT molecular complexity index is 339. The fourth-order valence-electron chi connectivity index (χ4n) is 0.957. The standard InChI is InChI=1S/C9H15N5/c1-9(2,3)14-7-4-6(8(10)11)12-5-13-7/h4-5H,1-3H3,(H3,10,11)(H,12,13,14). The summed E-state index contributed by atoms with van der Waals surface area (Å²) in [6.45, 7) is 6.09. The van der Waals surface area contributed by atoms with Gasteiger partial charge in [0, 0.05) is 11.6 Å². The first kappa shape index (κ1) is 10.4. The molecule has 14 heavy (non-hydrogen) atoms. The summed E-state index contributed by atoms with van der Waals surface area (Å²) in [7, 11) is 0. The van der Waals surface area contributed by atoms with Crippen LogP contribution in [-0.4, -0.2) is 21.3 Å². The summed E-state index contributed by atoms with van der Waals surface area (Å²) >= 11 is 0. The lowest BCUT2D eigenvalue weighted by atomic mass is 10.1. The van der Waals surface area contributed by atoms with Crippen molar-refractivity contribution in [1.29, 1.82) is 5.41 Å². The van der Waals surface area contributed by atoms with Gasteiger partial charge in [-0.1, -0.05) is 0 Å². The number of nitrogen functional groups attached to an aromatic ring is 1. The third-order valence-corrected chi connectivity index (χ3v) is 1.45. The summed E-state index contributed by atoms with van der Waals surface area (Å²) in [5.41, 5.74) is 5.68. The van der Waals surface area contributed by atoms with Crippen LogP contribution in [0.4, 0.5) is 5.82 Å². The van der Waals surface area contributed by atoms with Gasteiger partial charge in [-0.2, -0.15) is 0 Å². The van der Waals surface area contributed by atoms with Crippen LogP contribution in [0.15, 0.2) is 12.4 Å². The van der Waals surface area contributed by atoms with Crippen LogP contribution >= 0.6 is 0 Å². The quantitative estimate of drug-likeness (QED) is 0.482. The maximum atomic E-state index is 7.22. The van der Waals surface area contributed by atoms with Gasteiger partial charge in [0.05, 0.1) is 0 Å². The molecule has 0 radical (unpaired) electrons. The Morgan fingerprint density at radius 2 is 2.07 bits per heavy atom. The highest BCUT2D eigenvalue weighted by Gasteiger charge is 2.10. The fourth-order valence-corrected chi connectivity index (χ4v) is 0.957. The third-order valence-electron chi connectivity index (χ3n) is 1.45. The topological polar surface area (TPSA) is 87.7 Å². The average molecular weight is 193 g/mol. The molecule has 76 valence electrons. The normalized spacial score (nSPS) is 11.1. The molecule has 0 spiro atoms. The largest absolute Gasteiger partial charge is 0.382 e. The van der Waals surface area contributed by atoms with Crippen molar-refractivity contribution in [3.8, 4) is 0 Å². The number of hydrogen-bond acceptors (Lipinski definition) is 4. The number of anilines is 1. The summed E-state index contributed by atoms with van der Waals surface area (Å²) in [5, 5.41) is 10.4. The Kier molecular flexibility index (Phi) is 2.69. The zero-order valence-corrected chi connectivity index (χ0v) is 8.63. The van der Waals surface area contributed by atoms with Gasteiger partial charge in [-0.25, -0.2) is 9.97 Å². The highest BCUT2D eigenvalue weighted by atomic mass is 15.1. The molecule has 1 heterocycles. The molecule has 5 nitrogen and oxygen atoms in total. The third kappa shape index (κ3) is 3.01. The van der Waals surface area contributed by atoms with Crippen LogP contribution in [-0.2, 0) is 0 Å². The smallest absolute Gasteiger partial charge is 0.142 e. The molecule has 0 aliphatic rings. The molecule has 0 saturated heterocycles. The molecular formula is C9H15N5. The number of nitrogens with two attached hydrogens (primary N) is 1.